The van der Waals surface area contributed by atoms with Crippen LogP contribution in [0.25, 0.3) is 0 Å². The average molecular weight is 230 g/mol. The molecule has 0 aromatic heterocycles. The van der Waals surface area contributed by atoms with Crippen LogP contribution in [-0.4, -0.2) is 24.0 Å². The third-order valence-corrected chi connectivity index (χ3v) is 3.90. The van der Waals surface area contributed by atoms with E-state index >= 15 is 0 Å². The van der Waals surface area contributed by atoms with Crippen molar-refractivity contribution in [1.82, 2.24) is 4.90 Å². The summed E-state index contributed by atoms with van der Waals surface area (Å²) in [7, 11) is 2.17. The zero-order valence-corrected chi connectivity index (χ0v) is 10.9. The number of hydrogen-bond donors (Lipinski definition) is 1. The van der Waals surface area contributed by atoms with Crippen molar-refractivity contribution in [1.29, 1.82) is 0 Å². The van der Waals surface area contributed by atoms with Gasteiger partial charge < -0.3 is 10.6 Å². The summed E-state index contributed by atoms with van der Waals surface area (Å²) >= 11 is 0. The number of hydrogen-bond acceptors (Lipinski definition) is 2. The summed E-state index contributed by atoms with van der Waals surface area (Å²) in [6.07, 6.45) is 14.0. The van der Waals surface area contributed by atoms with E-state index in [1.165, 1.54) is 11.3 Å². The normalized spacial score (nSPS) is 28.2. The first-order valence-electron chi connectivity index (χ1n) is 6.40. The monoisotopic (exact) mass is 230 g/mol. The van der Waals surface area contributed by atoms with Gasteiger partial charge >= 0.3 is 0 Å². The Labute approximate surface area is 104 Å². The lowest BCUT2D eigenvalue weighted by molar-refractivity contribution is 0.282. The predicted molar refractivity (Wildman–Crippen MR) is 73.4 cm³/mol. The summed E-state index contributed by atoms with van der Waals surface area (Å²) in [5.74, 6) is 0.323. The van der Waals surface area contributed by atoms with Gasteiger partial charge in [-0.05, 0) is 25.0 Å². The molecule has 0 radical (unpaired) electrons. The van der Waals surface area contributed by atoms with Gasteiger partial charge in [0.2, 0.25) is 0 Å². The van der Waals surface area contributed by atoms with E-state index in [0.717, 1.165) is 6.42 Å². The molecule has 2 aliphatic carbocycles. The van der Waals surface area contributed by atoms with Crippen molar-refractivity contribution in [2.24, 2.45) is 11.7 Å². The van der Waals surface area contributed by atoms with Crippen LogP contribution in [0.15, 0.2) is 47.7 Å². The number of nitrogens with zero attached hydrogens (tertiary/aromatic N) is 1. The lowest BCUT2D eigenvalue weighted by Gasteiger charge is -2.38. The van der Waals surface area contributed by atoms with Gasteiger partial charge in [-0.15, -0.1) is 0 Å². The summed E-state index contributed by atoms with van der Waals surface area (Å²) in [4.78, 5) is 2.36. The molecule has 0 spiro atoms. The molecular weight excluding hydrogens is 208 g/mol. The van der Waals surface area contributed by atoms with E-state index < -0.39 is 0 Å². The lowest BCUT2D eigenvalue weighted by atomic mass is 9.81. The van der Waals surface area contributed by atoms with E-state index in [1.54, 1.807) is 0 Å². The van der Waals surface area contributed by atoms with Crippen LogP contribution in [0.3, 0.4) is 0 Å². The second kappa shape index (κ2) is 4.92. The Bertz CT molecular complexity index is 401. The SMILES string of the molecule is CCC(C)N(C)C1=CC=CC2=CC=CC(N)C21. The molecule has 17 heavy (non-hydrogen) atoms. The largest absolute Gasteiger partial charge is 0.375 e. The first-order valence-corrected chi connectivity index (χ1v) is 6.40. The van der Waals surface area contributed by atoms with Crippen molar-refractivity contribution in [3.63, 3.8) is 0 Å². The molecule has 2 rings (SSSR count). The maximum atomic E-state index is 6.23. The molecule has 0 amide bonds. The third-order valence-electron chi connectivity index (χ3n) is 3.90. The highest BCUT2D eigenvalue weighted by molar-refractivity contribution is 5.44. The van der Waals surface area contributed by atoms with Gasteiger partial charge in [0.15, 0.2) is 0 Å². The molecule has 0 fully saturated rings. The molecule has 0 saturated carbocycles. The Hall–Kier alpha value is -1.28. The van der Waals surface area contributed by atoms with Crippen molar-refractivity contribution in [3.8, 4) is 0 Å². The molecule has 0 saturated heterocycles. The van der Waals surface area contributed by atoms with Gasteiger partial charge in [-0.25, -0.2) is 0 Å². The smallest absolute Gasteiger partial charge is 0.0426 e. The van der Waals surface area contributed by atoms with Crippen molar-refractivity contribution < 1.29 is 0 Å². The second-order valence-corrected chi connectivity index (χ2v) is 4.93. The van der Waals surface area contributed by atoms with Gasteiger partial charge in [-0.3, -0.25) is 0 Å². The van der Waals surface area contributed by atoms with Gasteiger partial charge in [-0.2, -0.15) is 0 Å². The highest BCUT2D eigenvalue weighted by Gasteiger charge is 2.29. The summed E-state index contributed by atoms with van der Waals surface area (Å²) in [6, 6.07) is 0.643. The molecule has 92 valence electrons. The fourth-order valence-corrected chi connectivity index (χ4v) is 2.49. The zero-order chi connectivity index (χ0) is 12.4. The highest BCUT2D eigenvalue weighted by Crippen LogP contribution is 2.33. The Balaban J connectivity index is 2.28. The molecule has 3 unspecified atom stereocenters. The van der Waals surface area contributed by atoms with Gasteiger partial charge in [0.1, 0.15) is 0 Å². The maximum Gasteiger partial charge on any atom is 0.0426 e. The van der Waals surface area contributed by atoms with E-state index in [1.807, 2.05) is 0 Å². The van der Waals surface area contributed by atoms with Gasteiger partial charge in [0, 0.05) is 30.7 Å². The number of allylic oxidation sites excluding steroid dienone is 5. The van der Waals surface area contributed by atoms with Crippen LogP contribution < -0.4 is 5.73 Å². The number of rotatable bonds is 3. The van der Waals surface area contributed by atoms with Crippen LogP contribution >= 0.6 is 0 Å². The molecule has 0 aromatic rings. The van der Waals surface area contributed by atoms with E-state index in [4.69, 9.17) is 5.73 Å². The summed E-state index contributed by atoms with van der Waals surface area (Å²) in [6.45, 7) is 4.48. The highest BCUT2D eigenvalue weighted by atomic mass is 15.1. The molecule has 2 nitrogen and oxygen atoms in total. The quantitative estimate of drug-likeness (QED) is 0.807. The first-order chi connectivity index (χ1) is 8.15. The van der Waals surface area contributed by atoms with E-state index in [9.17, 15) is 0 Å². The Morgan fingerprint density at radius 1 is 1.35 bits per heavy atom. The summed E-state index contributed by atoms with van der Waals surface area (Å²) < 4.78 is 0. The molecule has 3 atom stereocenters. The minimum atomic E-state index is 0.0951. The molecule has 2 heteroatoms. The van der Waals surface area contributed by atoms with Crippen LogP contribution in [0, 0.1) is 5.92 Å². The molecule has 2 aliphatic rings. The Kier molecular flexibility index (Phi) is 3.53. The lowest BCUT2D eigenvalue weighted by Crippen LogP contribution is -2.40. The number of fused-ring (bicyclic) bond motifs is 1. The van der Waals surface area contributed by atoms with Crippen LogP contribution in [0.1, 0.15) is 20.3 Å². The second-order valence-electron chi connectivity index (χ2n) is 4.93. The molecule has 2 N–H and O–H groups in total. The van der Waals surface area contributed by atoms with E-state index in [0.29, 0.717) is 12.0 Å². The van der Waals surface area contributed by atoms with Crippen molar-refractivity contribution in [2.45, 2.75) is 32.4 Å². The zero-order valence-electron chi connectivity index (χ0n) is 10.9. The first kappa shape index (κ1) is 12.2. The van der Waals surface area contributed by atoms with Crippen LogP contribution in [0.2, 0.25) is 0 Å². The summed E-state index contributed by atoms with van der Waals surface area (Å²) in [5, 5.41) is 0. The van der Waals surface area contributed by atoms with Crippen molar-refractivity contribution in [2.75, 3.05) is 7.05 Å². The predicted octanol–water partition coefficient (Wildman–Crippen LogP) is 2.61. The van der Waals surface area contributed by atoms with Gasteiger partial charge in [0.05, 0.1) is 0 Å². The van der Waals surface area contributed by atoms with Gasteiger partial charge in [0.25, 0.3) is 0 Å². The topological polar surface area (TPSA) is 29.3 Å². The minimum absolute atomic E-state index is 0.0951. The molecule has 0 aliphatic heterocycles. The average Bonchev–Trinajstić information content (AvgIpc) is 2.36. The fraction of sp³-hybridized carbons (Fsp3) is 0.467. The van der Waals surface area contributed by atoms with Crippen LogP contribution in [-0.2, 0) is 0 Å². The van der Waals surface area contributed by atoms with E-state index in [2.05, 4.69) is 62.3 Å². The van der Waals surface area contributed by atoms with Crippen LogP contribution in [0.4, 0.5) is 0 Å². The van der Waals surface area contributed by atoms with Crippen molar-refractivity contribution in [3.05, 3.63) is 47.7 Å². The molecule has 0 bridgehead atoms. The number of nitrogens with two attached hydrogens (primary N) is 1. The third kappa shape index (κ3) is 2.22. The maximum absolute atomic E-state index is 6.23. The standard InChI is InChI=1S/C15H22N2/c1-4-11(2)17(3)14-10-6-8-12-7-5-9-13(16)15(12)14/h5-11,13,15H,4,16H2,1-3H3. The molecule has 0 aromatic carbocycles. The Morgan fingerprint density at radius 3 is 2.82 bits per heavy atom. The van der Waals surface area contributed by atoms with E-state index in [-0.39, 0.29) is 6.04 Å². The van der Waals surface area contributed by atoms with Crippen molar-refractivity contribution >= 4 is 0 Å². The minimum Gasteiger partial charge on any atom is -0.375 e. The van der Waals surface area contributed by atoms with Gasteiger partial charge in [-0.1, -0.05) is 37.3 Å². The fourth-order valence-electron chi connectivity index (χ4n) is 2.49. The molecular formula is C15H22N2. The summed E-state index contributed by atoms with van der Waals surface area (Å²) in [5.41, 5.74) is 8.89. The molecule has 0 heterocycles. The Morgan fingerprint density at radius 2 is 2.12 bits per heavy atom. The van der Waals surface area contributed by atoms with Crippen LogP contribution in [0.5, 0.6) is 0 Å².